The molecule has 104 valence electrons. The zero-order valence-electron chi connectivity index (χ0n) is 11.9. The van der Waals surface area contributed by atoms with E-state index >= 15 is 0 Å². The molecule has 0 spiro atoms. The molecule has 3 nitrogen and oxygen atoms in total. The molecule has 0 aromatic heterocycles. The highest BCUT2D eigenvalue weighted by Crippen LogP contribution is 2.23. The Morgan fingerprint density at radius 2 is 2.05 bits per heavy atom. The van der Waals surface area contributed by atoms with E-state index in [-0.39, 0.29) is 0 Å². The van der Waals surface area contributed by atoms with Gasteiger partial charge in [0.1, 0.15) is 0 Å². The summed E-state index contributed by atoms with van der Waals surface area (Å²) in [6.07, 6.45) is 4.08. The van der Waals surface area contributed by atoms with Gasteiger partial charge in [-0.1, -0.05) is 12.1 Å². The number of hydrogen-bond acceptors (Lipinski definition) is 3. The van der Waals surface area contributed by atoms with Crippen LogP contribution in [0.25, 0.3) is 0 Å². The maximum absolute atomic E-state index is 5.90. The number of nitrogens with zero attached hydrogens (tertiary/aromatic N) is 2. The lowest BCUT2D eigenvalue weighted by atomic mass is 10.1. The highest BCUT2D eigenvalue weighted by molar-refractivity contribution is 5.47. The molecular weight excluding hydrogens is 234 g/mol. The molecule has 19 heavy (non-hydrogen) atoms. The summed E-state index contributed by atoms with van der Waals surface area (Å²) in [5.74, 6) is 0. The molecule has 0 aliphatic carbocycles. The van der Waals surface area contributed by atoms with Crippen molar-refractivity contribution in [3.05, 3.63) is 29.3 Å². The second-order valence-corrected chi connectivity index (χ2v) is 6.11. The SMILES string of the molecule is Cc1cc(CN2CCCN3CCCC3C2)ccc1N. The lowest BCUT2D eigenvalue weighted by Crippen LogP contribution is -2.36. The van der Waals surface area contributed by atoms with Crippen molar-refractivity contribution in [2.45, 2.75) is 38.8 Å². The summed E-state index contributed by atoms with van der Waals surface area (Å²) in [7, 11) is 0. The number of benzene rings is 1. The minimum absolute atomic E-state index is 0.803. The number of rotatable bonds is 2. The van der Waals surface area contributed by atoms with Gasteiger partial charge in [0.2, 0.25) is 0 Å². The van der Waals surface area contributed by atoms with E-state index < -0.39 is 0 Å². The van der Waals surface area contributed by atoms with Crippen LogP contribution >= 0.6 is 0 Å². The van der Waals surface area contributed by atoms with Crippen LogP contribution < -0.4 is 5.73 Å². The molecule has 0 bridgehead atoms. The molecule has 3 heteroatoms. The smallest absolute Gasteiger partial charge is 0.0343 e. The van der Waals surface area contributed by atoms with Crippen LogP contribution in [0.2, 0.25) is 0 Å². The number of hydrogen-bond donors (Lipinski definition) is 1. The Bertz CT molecular complexity index is 444. The van der Waals surface area contributed by atoms with Crippen LogP contribution in [0.5, 0.6) is 0 Å². The molecule has 2 saturated heterocycles. The summed E-state index contributed by atoms with van der Waals surface area (Å²) < 4.78 is 0. The molecule has 2 N–H and O–H groups in total. The van der Waals surface area contributed by atoms with Crippen LogP contribution in [0.3, 0.4) is 0 Å². The van der Waals surface area contributed by atoms with Crippen LogP contribution in [0.1, 0.15) is 30.4 Å². The zero-order valence-corrected chi connectivity index (χ0v) is 11.9. The van der Waals surface area contributed by atoms with Crippen molar-refractivity contribution in [3.63, 3.8) is 0 Å². The molecule has 2 aliphatic heterocycles. The maximum atomic E-state index is 5.90. The maximum Gasteiger partial charge on any atom is 0.0343 e. The third-order valence-corrected chi connectivity index (χ3v) is 4.63. The van der Waals surface area contributed by atoms with Crippen molar-refractivity contribution in [1.82, 2.24) is 9.80 Å². The molecule has 1 aromatic carbocycles. The highest BCUT2D eigenvalue weighted by atomic mass is 15.3. The number of fused-ring (bicyclic) bond motifs is 1. The van der Waals surface area contributed by atoms with E-state index in [4.69, 9.17) is 5.73 Å². The van der Waals surface area contributed by atoms with Crippen molar-refractivity contribution < 1.29 is 0 Å². The molecule has 3 rings (SSSR count). The monoisotopic (exact) mass is 259 g/mol. The Morgan fingerprint density at radius 1 is 1.21 bits per heavy atom. The predicted molar refractivity (Wildman–Crippen MR) is 80.1 cm³/mol. The predicted octanol–water partition coefficient (Wildman–Crippen LogP) is 2.25. The Morgan fingerprint density at radius 3 is 2.89 bits per heavy atom. The molecule has 0 amide bonds. The van der Waals surface area contributed by atoms with Gasteiger partial charge in [-0.15, -0.1) is 0 Å². The summed E-state index contributed by atoms with van der Waals surface area (Å²) in [5, 5.41) is 0. The molecule has 1 aromatic rings. The van der Waals surface area contributed by atoms with E-state index in [1.807, 2.05) is 6.07 Å². The first-order valence-corrected chi connectivity index (χ1v) is 7.54. The Hall–Kier alpha value is -1.06. The largest absolute Gasteiger partial charge is 0.399 e. The summed E-state index contributed by atoms with van der Waals surface area (Å²) in [6.45, 7) is 8.26. The first kappa shape index (κ1) is 12.9. The molecule has 0 radical (unpaired) electrons. The second-order valence-electron chi connectivity index (χ2n) is 6.11. The van der Waals surface area contributed by atoms with E-state index in [0.717, 1.165) is 18.3 Å². The van der Waals surface area contributed by atoms with Crippen LogP contribution in [0, 0.1) is 6.92 Å². The van der Waals surface area contributed by atoms with Crippen LogP contribution in [0.4, 0.5) is 5.69 Å². The van der Waals surface area contributed by atoms with Crippen LogP contribution in [-0.4, -0.2) is 42.0 Å². The minimum Gasteiger partial charge on any atom is -0.399 e. The molecule has 2 heterocycles. The zero-order chi connectivity index (χ0) is 13.2. The average Bonchev–Trinajstić information content (AvgIpc) is 2.73. The molecular formula is C16H25N3. The van der Waals surface area contributed by atoms with Crippen molar-refractivity contribution in [2.24, 2.45) is 0 Å². The summed E-state index contributed by atoms with van der Waals surface area (Å²) in [6, 6.07) is 7.27. The molecule has 2 fully saturated rings. The third-order valence-electron chi connectivity index (χ3n) is 4.63. The van der Waals surface area contributed by atoms with Crippen molar-refractivity contribution in [3.8, 4) is 0 Å². The Balaban J connectivity index is 1.66. The van der Waals surface area contributed by atoms with Gasteiger partial charge < -0.3 is 5.73 Å². The van der Waals surface area contributed by atoms with E-state index in [0.29, 0.717) is 0 Å². The van der Waals surface area contributed by atoms with Crippen molar-refractivity contribution in [1.29, 1.82) is 0 Å². The Labute approximate surface area is 116 Å². The number of anilines is 1. The van der Waals surface area contributed by atoms with Gasteiger partial charge in [0.25, 0.3) is 0 Å². The van der Waals surface area contributed by atoms with Gasteiger partial charge in [0.05, 0.1) is 0 Å². The van der Waals surface area contributed by atoms with Gasteiger partial charge in [-0.05, 0) is 63.0 Å². The summed E-state index contributed by atoms with van der Waals surface area (Å²) in [5.41, 5.74) is 9.41. The Kier molecular flexibility index (Phi) is 3.76. The molecule has 1 unspecified atom stereocenters. The molecule has 2 aliphatic rings. The van der Waals surface area contributed by atoms with Crippen molar-refractivity contribution in [2.75, 3.05) is 31.9 Å². The first-order chi connectivity index (χ1) is 9.22. The summed E-state index contributed by atoms with van der Waals surface area (Å²) >= 11 is 0. The van der Waals surface area contributed by atoms with Gasteiger partial charge in [-0.2, -0.15) is 0 Å². The van der Waals surface area contributed by atoms with E-state index in [1.54, 1.807) is 0 Å². The topological polar surface area (TPSA) is 32.5 Å². The van der Waals surface area contributed by atoms with E-state index in [9.17, 15) is 0 Å². The van der Waals surface area contributed by atoms with Gasteiger partial charge in [-0.25, -0.2) is 0 Å². The fourth-order valence-electron chi connectivity index (χ4n) is 3.52. The fraction of sp³-hybridized carbons (Fsp3) is 0.625. The fourth-order valence-corrected chi connectivity index (χ4v) is 3.52. The van der Waals surface area contributed by atoms with E-state index in [1.165, 1.54) is 56.6 Å². The number of nitrogen functional groups attached to an aromatic ring is 1. The van der Waals surface area contributed by atoms with E-state index in [2.05, 4.69) is 28.9 Å². The normalized spacial score (nSPS) is 25.2. The minimum atomic E-state index is 0.803. The quantitative estimate of drug-likeness (QED) is 0.827. The number of aryl methyl sites for hydroxylation is 1. The standard InChI is InChI=1S/C16H25N3/c1-13-10-14(5-6-16(13)17)11-18-7-3-9-19-8-2-4-15(19)12-18/h5-6,10,15H,2-4,7-9,11-12,17H2,1H3. The molecule has 0 saturated carbocycles. The van der Waals surface area contributed by atoms with Gasteiger partial charge in [0, 0.05) is 24.8 Å². The van der Waals surface area contributed by atoms with Gasteiger partial charge >= 0.3 is 0 Å². The third kappa shape index (κ3) is 2.93. The molecule has 1 atom stereocenters. The average molecular weight is 259 g/mol. The lowest BCUT2D eigenvalue weighted by Gasteiger charge is -2.25. The highest BCUT2D eigenvalue weighted by Gasteiger charge is 2.28. The first-order valence-electron chi connectivity index (χ1n) is 7.54. The lowest BCUT2D eigenvalue weighted by molar-refractivity contribution is 0.215. The van der Waals surface area contributed by atoms with Gasteiger partial charge in [-0.3, -0.25) is 9.80 Å². The van der Waals surface area contributed by atoms with Crippen molar-refractivity contribution >= 4 is 5.69 Å². The van der Waals surface area contributed by atoms with Crippen LogP contribution in [0.15, 0.2) is 18.2 Å². The van der Waals surface area contributed by atoms with Gasteiger partial charge in [0.15, 0.2) is 0 Å². The second kappa shape index (κ2) is 5.51. The number of nitrogens with two attached hydrogens (primary N) is 1. The summed E-state index contributed by atoms with van der Waals surface area (Å²) in [4.78, 5) is 5.31. The van der Waals surface area contributed by atoms with Crippen LogP contribution in [-0.2, 0) is 6.54 Å².